The first-order chi connectivity index (χ1) is 9.00. The zero-order valence-electron chi connectivity index (χ0n) is 11.0. The van der Waals surface area contributed by atoms with Gasteiger partial charge < -0.3 is 10.2 Å². The summed E-state index contributed by atoms with van der Waals surface area (Å²) in [6.45, 7) is 3.40. The highest BCUT2D eigenvalue weighted by atomic mass is 79.9. The van der Waals surface area contributed by atoms with Crippen molar-refractivity contribution in [2.24, 2.45) is 5.41 Å². The summed E-state index contributed by atoms with van der Waals surface area (Å²) in [6, 6.07) is 7.87. The minimum absolute atomic E-state index is 0.0608. The van der Waals surface area contributed by atoms with E-state index in [4.69, 9.17) is 0 Å². The van der Waals surface area contributed by atoms with Crippen molar-refractivity contribution in [2.75, 3.05) is 25.0 Å². The molecule has 1 aliphatic rings. The number of anilines is 1. The molecule has 1 fully saturated rings. The predicted molar refractivity (Wildman–Crippen MR) is 77.9 cm³/mol. The quantitative estimate of drug-likeness (QED) is 0.909. The zero-order valence-corrected chi connectivity index (χ0v) is 12.6. The molecule has 1 amide bonds. The molecule has 0 bridgehead atoms. The number of benzene rings is 1. The molecule has 1 atom stereocenters. The number of carbonyl (C=O) groups is 1. The van der Waals surface area contributed by atoms with Gasteiger partial charge in [0.15, 0.2) is 0 Å². The molecule has 5 heteroatoms. The van der Waals surface area contributed by atoms with E-state index >= 15 is 0 Å². The number of rotatable bonds is 2. The van der Waals surface area contributed by atoms with Crippen LogP contribution in [0.3, 0.4) is 0 Å². The van der Waals surface area contributed by atoms with E-state index in [9.17, 15) is 10.1 Å². The lowest BCUT2D eigenvalue weighted by Gasteiger charge is -2.24. The molecule has 1 aromatic rings. The standard InChI is InChI=1S/C14H16BrN3O/c1-14(13(19)17-2)5-6-18(9-14)12-4-3-11(15)7-10(12)8-16/h3-4,7H,5-6,9H2,1-2H3,(H,17,19). The highest BCUT2D eigenvalue weighted by Crippen LogP contribution is 2.35. The molecular weight excluding hydrogens is 306 g/mol. The lowest BCUT2D eigenvalue weighted by Crippen LogP contribution is -2.39. The van der Waals surface area contributed by atoms with Gasteiger partial charge >= 0.3 is 0 Å². The maximum absolute atomic E-state index is 11.9. The minimum atomic E-state index is -0.380. The third-order valence-corrected chi connectivity index (χ3v) is 4.16. The molecule has 0 radical (unpaired) electrons. The Bertz CT molecular complexity index is 552. The van der Waals surface area contributed by atoms with Gasteiger partial charge in [-0.2, -0.15) is 5.26 Å². The van der Waals surface area contributed by atoms with Gasteiger partial charge in [0.1, 0.15) is 6.07 Å². The number of halogens is 1. The summed E-state index contributed by atoms with van der Waals surface area (Å²) < 4.78 is 0.890. The van der Waals surface area contributed by atoms with Crippen LogP contribution in [0.15, 0.2) is 22.7 Å². The Morgan fingerprint density at radius 1 is 1.58 bits per heavy atom. The first-order valence-corrected chi connectivity index (χ1v) is 6.96. The van der Waals surface area contributed by atoms with Crippen molar-refractivity contribution in [1.82, 2.24) is 5.32 Å². The summed E-state index contributed by atoms with van der Waals surface area (Å²) in [4.78, 5) is 14.0. The van der Waals surface area contributed by atoms with Gasteiger partial charge in [-0.05, 0) is 31.5 Å². The molecule has 2 rings (SSSR count). The topological polar surface area (TPSA) is 56.1 Å². The van der Waals surface area contributed by atoms with Gasteiger partial charge in [-0.15, -0.1) is 0 Å². The van der Waals surface area contributed by atoms with E-state index in [1.165, 1.54) is 0 Å². The van der Waals surface area contributed by atoms with Crippen LogP contribution in [0.4, 0.5) is 5.69 Å². The Morgan fingerprint density at radius 2 is 2.32 bits per heavy atom. The largest absolute Gasteiger partial charge is 0.369 e. The van der Waals surface area contributed by atoms with Gasteiger partial charge in [-0.3, -0.25) is 4.79 Å². The van der Waals surface area contributed by atoms with E-state index in [-0.39, 0.29) is 11.3 Å². The summed E-state index contributed by atoms with van der Waals surface area (Å²) in [5.41, 5.74) is 1.16. The Kier molecular flexibility index (Phi) is 3.81. The van der Waals surface area contributed by atoms with Crippen LogP contribution in [0, 0.1) is 16.7 Å². The number of nitrogens with zero attached hydrogens (tertiary/aromatic N) is 2. The number of hydrogen-bond donors (Lipinski definition) is 1. The fourth-order valence-electron chi connectivity index (χ4n) is 2.53. The first-order valence-electron chi connectivity index (χ1n) is 6.17. The number of carbonyl (C=O) groups excluding carboxylic acids is 1. The second-order valence-electron chi connectivity index (χ2n) is 5.08. The molecule has 1 aliphatic heterocycles. The molecule has 1 unspecified atom stereocenters. The number of amides is 1. The molecule has 0 aliphatic carbocycles. The summed E-state index contributed by atoms with van der Waals surface area (Å²) in [5.74, 6) is 0.0608. The van der Waals surface area contributed by atoms with Crippen molar-refractivity contribution in [1.29, 1.82) is 5.26 Å². The monoisotopic (exact) mass is 321 g/mol. The predicted octanol–water partition coefficient (Wildman–Crippen LogP) is 2.28. The SMILES string of the molecule is CNC(=O)C1(C)CCN(c2ccc(Br)cc2C#N)C1. The molecule has 19 heavy (non-hydrogen) atoms. The third-order valence-electron chi connectivity index (χ3n) is 3.67. The van der Waals surface area contributed by atoms with Crippen molar-refractivity contribution in [3.05, 3.63) is 28.2 Å². The fourth-order valence-corrected chi connectivity index (χ4v) is 2.89. The van der Waals surface area contributed by atoms with E-state index < -0.39 is 0 Å². The summed E-state index contributed by atoms with van der Waals surface area (Å²) in [6.07, 6.45) is 0.799. The van der Waals surface area contributed by atoms with E-state index in [2.05, 4.69) is 32.2 Å². The van der Waals surface area contributed by atoms with Crippen molar-refractivity contribution in [3.8, 4) is 6.07 Å². The van der Waals surface area contributed by atoms with Crippen LogP contribution in [0.25, 0.3) is 0 Å². The normalized spacial score (nSPS) is 22.1. The van der Waals surface area contributed by atoms with Gasteiger partial charge in [0, 0.05) is 24.6 Å². The molecule has 0 aromatic heterocycles. The molecule has 1 heterocycles. The van der Waals surface area contributed by atoms with Crippen molar-refractivity contribution >= 4 is 27.5 Å². The molecule has 1 saturated heterocycles. The lowest BCUT2D eigenvalue weighted by atomic mass is 9.89. The Labute approximate surface area is 121 Å². The smallest absolute Gasteiger partial charge is 0.227 e. The van der Waals surface area contributed by atoms with Gasteiger partial charge in [0.05, 0.1) is 16.7 Å². The lowest BCUT2D eigenvalue weighted by molar-refractivity contribution is -0.128. The van der Waals surface area contributed by atoms with Gasteiger partial charge in [0.2, 0.25) is 5.91 Å². The average molecular weight is 322 g/mol. The van der Waals surface area contributed by atoms with Gasteiger partial charge in [-0.25, -0.2) is 0 Å². The molecular formula is C14H16BrN3O. The average Bonchev–Trinajstić information content (AvgIpc) is 2.81. The van der Waals surface area contributed by atoms with E-state index in [1.54, 1.807) is 7.05 Å². The Morgan fingerprint density at radius 3 is 2.95 bits per heavy atom. The Hall–Kier alpha value is -1.54. The summed E-state index contributed by atoms with van der Waals surface area (Å²) in [7, 11) is 1.66. The van der Waals surface area contributed by atoms with E-state index in [0.717, 1.165) is 23.1 Å². The maximum Gasteiger partial charge on any atom is 0.227 e. The van der Waals surface area contributed by atoms with Crippen LogP contribution < -0.4 is 10.2 Å². The van der Waals surface area contributed by atoms with Crippen LogP contribution >= 0.6 is 15.9 Å². The Balaban J connectivity index is 2.27. The molecule has 0 saturated carbocycles. The highest BCUT2D eigenvalue weighted by Gasteiger charge is 2.40. The molecule has 100 valence electrons. The van der Waals surface area contributed by atoms with Crippen LogP contribution in [0.1, 0.15) is 18.9 Å². The number of nitrogens with one attached hydrogen (secondary N) is 1. The number of hydrogen-bond acceptors (Lipinski definition) is 3. The van der Waals surface area contributed by atoms with Crippen LogP contribution in [0.2, 0.25) is 0 Å². The van der Waals surface area contributed by atoms with Gasteiger partial charge in [0.25, 0.3) is 0 Å². The fraction of sp³-hybridized carbons (Fsp3) is 0.429. The number of nitriles is 1. The van der Waals surface area contributed by atoms with Crippen molar-refractivity contribution < 1.29 is 4.79 Å². The highest BCUT2D eigenvalue weighted by molar-refractivity contribution is 9.10. The summed E-state index contributed by atoms with van der Waals surface area (Å²) >= 11 is 3.37. The van der Waals surface area contributed by atoms with Crippen LogP contribution in [0.5, 0.6) is 0 Å². The van der Waals surface area contributed by atoms with Crippen molar-refractivity contribution in [3.63, 3.8) is 0 Å². The third kappa shape index (κ3) is 2.59. The van der Waals surface area contributed by atoms with Crippen LogP contribution in [-0.4, -0.2) is 26.0 Å². The second-order valence-corrected chi connectivity index (χ2v) is 6.00. The van der Waals surface area contributed by atoms with Crippen LogP contribution in [-0.2, 0) is 4.79 Å². The molecule has 1 aromatic carbocycles. The summed E-state index contributed by atoms with van der Waals surface area (Å²) in [5, 5.41) is 11.9. The minimum Gasteiger partial charge on any atom is -0.369 e. The molecule has 4 nitrogen and oxygen atoms in total. The molecule has 1 N–H and O–H groups in total. The maximum atomic E-state index is 11.9. The zero-order chi connectivity index (χ0) is 14.0. The van der Waals surface area contributed by atoms with E-state index in [0.29, 0.717) is 12.1 Å². The van der Waals surface area contributed by atoms with E-state index in [1.807, 2.05) is 25.1 Å². The second kappa shape index (κ2) is 5.22. The van der Waals surface area contributed by atoms with Gasteiger partial charge in [-0.1, -0.05) is 15.9 Å². The molecule has 0 spiro atoms. The first kappa shape index (κ1) is 13.9. The van der Waals surface area contributed by atoms with Crippen molar-refractivity contribution in [2.45, 2.75) is 13.3 Å².